The first-order valence-electron chi connectivity index (χ1n) is 7.72. The molecule has 2 aromatic carbocycles. The molecule has 0 saturated heterocycles. The van der Waals surface area contributed by atoms with Crippen molar-refractivity contribution < 1.29 is 14.7 Å². The fourth-order valence-corrected chi connectivity index (χ4v) is 2.48. The van der Waals surface area contributed by atoms with Gasteiger partial charge in [0.1, 0.15) is 0 Å². The first kappa shape index (κ1) is 16.4. The number of benzene rings is 2. The zero-order chi connectivity index (χ0) is 17.8. The van der Waals surface area contributed by atoms with Crippen LogP contribution in [0.25, 0.3) is 11.8 Å². The Balaban J connectivity index is 1.80. The summed E-state index contributed by atoms with van der Waals surface area (Å²) in [4.78, 5) is 23.3. The summed E-state index contributed by atoms with van der Waals surface area (Å²) in [5.41, 5.74) is 3.16. The lowest BCUT2D eigenvalue weighted by atomic mass is 10.1. The second-order valence-corrected chi connectivity index (χ2v) is 5.52. The molecule has 0 unspecified atom stereocenters. The van der Waals surface area contributed by atoms with Crippen molar-refractivity contribution in [1.29, 1.82) is 0 Å². The number of hydrogen-bond acceptors (Lipinski definition) is 3. The average Bonchev–Trinajstić information content (AvgIpc) is 3.02. The number of carboxylic acid groups (broad SMARTS) is 1. The minimum atomic E-state index is -0.976. The maximum Gasteiger partial charge on any atom is 0.335 e. The van der Waals surface area contributed by atoms with E-state index in [1.54, 1.807) is 29.1 Å². The molecule has 0 radical (unpaired) electrons. The van der Waals surface area contributed by atoms with Gasteiger partial charge in [0.25, 0.3) is 0 Å². The zero-order valence-corrected chi connectivity index (χ0v) is 13.6. The van der Waals surface area contributed by atoms with Crippen LogP contribution in [-0.4, -0.2) is 26.6 Å². The number of allylic oxidation sites excluding steroid dienone is 1. The van der Waals surface area contributed by atoms with Crippen LogP contribution in [0.1, 0.15) is 32.0 Å². The number of nitrogens with zero attached hydrogens (tertiary/aromatic N) is 2. The minimum absolute atomic E-state index is 0.151. The summed E-state index contributed by atoms with van der Waals surface area (Å²) in [6, 6.07) is 15.9. The third-order valence-electron chi connectivity index (χ3n) is 3.86. The van der Waals surface area contributed by atoms with Crippen LogP contribution in [0.3, 0.4) is 0 Å². The van der Waals surface area contributed by atoms with Crippen LogP contribution in [0.15, 0.2) is 66.9 Å². The lowest BCUT2D eigenvalue weighted by Gasteiger charge is -2.04. The standard InChI is InChI=1S/C20H16N2O3/c1-14-18(13-21-22(14)17-5-3-2-4-6-17)19(23)12-9-15-7-10-16(11-8-15)20(24)25/h2-13H,1H3,(H,24,25). The molecule has 0 amide bonds. The van der Waals surface area contributed by atoms with Gasteiger partial charge in [0.2, 0.25) is 0 Å². The number of carbonyl (C=O) groups is 2. The molecule has 1 N–H and O–H groups in total. The van der Waals surface area contributed by atoms with E-state index in [4.69, 9.17) is 5.11 Å². The van der Waals surface area contributed by atoms with Gasteiger partial charge in [-0.1, -0.05) is 36.4 Å². The number of aromatic nitrogens is 2. The average molecular weight is 332 g/mol. The lowest BCUT2D eigenvalue weighted by molar-refractivity contribution is 0.0696. The van der Waals surface area contributed by atoms with Gasteiger partial charge in [0, 0.05) is 0 Å². The van der Waals surface area contributed by atoms with E-state index in [0.717, 1.165) is 16.9 Å². The number of carboxylic acids is 1. The Morgan fingerprint density at radius 1 is 1.04 bits per heavy atom. The second-order valence-electron chi connectivity index (χ2n) is 5.52. The molecule has 3 aromatic rings. The smallest absolute Gasteiger partial charge is 0.335 e. The van der Waals surface area contributed by atoms with Crippen molar-refractivity contribution in [3.05, 3.63) is 89.3 Å². The number of para-hydroxylation sites is 1. The van der Waals surface area contributed by atoms with Crippen molar-refractivity contribution in [3.8, 4) is 5.69 Å². The van der Waals surface area contributed by atoms with E-state index in [2.05, 4.69) is 5.10 Å². The highest BCUT2D eigenvalue weighted by molar-refractivity contribution is 6.07. The fourth-order valence-electron chi connectivity index (χ4n) is 2.48. The van der Waals surface area contributed by atoms with Gasteiger partial charge >= 0.3 is 5.97 Å². The van der Waals surface area contributed by atoms with Gasteiger partial charge in [-0.25, -0.2) is 9.48 Å². The van der Waals surface area contributed by atoms with Gasteiger partial charge in [-0.05, 0) is 42.8 Å². The molecule has 0 atom stereocenters. The quantitative estimate of drug-likeness (QED) is 0.570. The van der Waals surface area contributed by atoms with Crippen molar-refractivity contribution in [2.24, 2.45) is 0 Å². The number of aromatic carboxylic acids is 1. The Labute approximate surface area is 144 Å². The Hall–Kier alpha value is -3.47. The van der Waals surface area contributed by atoms with Crippen LogP contribution in [-0.2, 0) is 0 Å². The topological polar surface area (TPSA) is 72.2 Å². The molecule has 0 aliphatic heterocycles. The van der Waals surface area contributed by atoms with Crippen LogP contribution in [0, 0.1) is 6.92 Å². The Morgan fingerprint density at radius 2 is 1.72 bits per heavy atom. The normalized spacial score (nSPS) is 10.9. The summed E-state index contributed by atoms with van der Waals surface area (Å²) < 4.78 is 1.72. The van der Waals surface area contributed by atoms with Crippen molar-refractivity contribution >= 4 is 17.8 Å². The molecule has 0 aliphatic rings. The van der Waals surface area contributed by atoms with Crippen molar-refractivity contribution in [3.63, 3.8) is 0 Å². The zero-order valence-electron chi connectivity index (χ0n) is 13.6. The summed E-state index contributed by atoms with van der Waals surface area (Å²) in [5, 5.41) is 13.2. The largest absolute Gasteiger partial charge is 0.478 e. The van der Waals surface area contributed by atoms with E-state index in [1.807, 2.05) is 37.3 Å². The molecular weight excluding hydrogens is 316 g/mol. The van der Waals surface area contributed by atoms with Gasteiger partial charge in [-0.2, -0.15) is 5.10 Å². The number of carbonyl (C=O) groups excluding carboxylic acids is 1. The van der Waals surface area contributed by atoms with Crippen LogP contribution in [0.4, 0.5) is 0 Å². The van der Waals surface area contributed by atoms with E-state index < -0.39 is 5.97 Å². The minimum Gasteiger partial charge on any atom is -0.478 e. The Bertz CT molecular complexity index is 939. The van der Waals surface area contributed by atoms with Crippen LogP contribution >= 0.6 is 0 Å². The second kappa shape index (κ2) is 6.97. The number of rotatable bonds is 5. The monoisotopic (exact) mass is 332 g/mol. The highest BCUT2D eigenvalue weighted by Gasteiger charge is 2.12. The van der Waals surface area contributed by atoms with Gasteiger partial charge < -0.3 is 5.11 Å². The fraction of sp³-hybridized carbons (Fsp3) is 0.0500. The van der Waals surface area contributed by atoms with Crippen molar-refractivity contribution in [2.45, 2.75) is 6.92 Å². The van der Waals surface area contributed by atoms with Crippen molar-refractivity contribution in [2.75, 3.05) is 0 Å². The molecule has 1 aromatic heterocycles. The SMILES string of the molecule is Cc1c(C(=O)C=Cc2ccc(C(=O)O)cc2)cnn1-c1ccccc1. The van der Waals surface area contributed by atoms with Crippen LogP contribution < -0.4 is 0 Å². The molecule has 0 fully saturated rings. The molecular formula is C20H16N2O3. The molecule has 124 valence electrons. The molecule has 1 heterocycles. The summed E-state index contributed by atoms with van der Waals surface area (Å²) in [7, 11) is 0. The molecule has 0 bridgehead atoms. The first-order chi connectivity index (χ1) is 12.1. The molecule has 3 rings (SSSR count). The number of ketones is 1. The molecule has 25 heavy (non-hydrogen) atoms. The predicted octanol–water partition coefficient (Wildman–Crippen LogP) is 3.78. The van der Waals surface area contributed by atoms with Gasteiger partial charge in [-0.3, -0.25) is 4.79 Å². The summed E-state index contributed by atoms with van der Waals surface area (Å²) in [6.07, 6.45) is 4.69. The van der Waals surface area contributed by atoms with Crippen molar-refractivity contribution in [1.82, 2.24) is 9.78 Å². The third-order valence-corrected chi connectivity index (χ3v) is 3.86. The van der Waals surface area contributed by atoms with E-state index in [1.165, 1.54) is 18.2 Å². The molecule has 0 saturated carbocycles. The van der Waals surface area contributed by atoms with Gasteiger partial charge in [-0.15, -0.1) is 0 Å². The highest BCUT2D eigenvalue weighted by Crippen LogP contribution is 2.15. The molecule has 0 aliphatic carbocycles. The van der Waals surface area contributed by atoms with Gasteiger partial charge in [0.05, 0.1) is 28.7 Å². The van der Waals surface area contributed by atoms with Crippen LogP contribution in [0.5, 0.6) is 0 Å². The summed E-state index contributed by atoms with van der Waals surface area (Å²) in [6.45, 7) is 1.85. The van der Waals surface area contributed by atoms with E-state index >= 15 is 0 Å². The Kier molecular flexibility index (Phi) is 4.57. The summed E-state index contributed by atoms with van der Waals surface area (Å²) >= 11 is 0. The van der Waals surface area contributed by atoms with Gasteiger partial charge in [0.15, 0.2) is 5.78 Å². The van der Waals surface area contributed by atoms with E-state index in [9.17, 15) is 9.59 Å². The van der Waals surface area contributed by atoms with E-state index in [-0.39, 0.29) is 11.3 Å². The molecule has 5 nitrogen and oxygen atoms in total. The highest BCUT2D eigenvalue weighted by atomic mass is 16.4. The first-order valence-corrected chi connectivity index (χ1v) is 7.72. The maximum absolute atomic E-state index is 12.4. The third kappa shape index (κ3) is 3.55. The Morgan fingerprint density at radius 3 is 2.36 bits per heavy atom. The summed E-state index contributed by atoms with van der Waals surface area (Å²) in [5.74, 6) is -1.13. The van der Waals surface area contributed by atoms with Crippen LogP contribution in [0.2, 0.25) is 0 Å². The number of hydrogen-bond donors (Lipinski definition) is 1. The van der Waals surface area contributed by atoms with E-state index in [0.29, 0.717) is 5.56 Å². The predicted molar refractivity (Wildman–Crippen MR) is 95.1 cm³/mol. The molecule has 0 spiro atoms. The molecule has 5 heteroatoms. The maximum atomic E-state index is 12.4. The lowest BCUT2D eigenvalue weighted by Crippen LogP contribution is -2.01.